The standard InChI is InChI=1S/C37H24N2/c1-2-8-28-25(7-1)19-26-20-27(15-16-29(26)28)39-36-12-6-4-10-31(36)33-22-24(14-18-37(33)39)23-13-17-35-32(21-23)30-9-3-5-11-34(30)38-35/h1-18,20-22,38H,19H2. The number of hydrogen-bond acceptors (Lipinski definition) is 0. The van der Waals surface area contributed by atoms with Gasteiger partial charge in [0.15, 0.2) is 0 Å². The van der Waals surface area contributed by atoms with Crippen molar-refractivity contribution in [2.24, 2.45) is 0 Å². The van der Waals surface area contributed by atoms with Crippen molar-refractivity contribution in [1.82, 2.24) is 9.55 Å². The van der Waals surface area contributed by atoms with E-state index in [4.69, 9.17) is 0 Å². The monoisotopic (exact) mass is 496 g/mol. The zero-order valence-corrected chi connectivity index (χ0v) is 21.3. The number of hydrogen-bond donors (Lipinski definition) is 1. The molecule has 1 N–H and O–H groups in total. The van der Waals surface area contributed by atoms with E-state index in [0.29, 0.717) is 0 Å². The van der Waals surface area contributed by atoms with Gasteiger partial charge in [0.1, 0.15) is 0 Å². The van der Waals surface area contributed by atoms with Crippen LogP contribution in [0.15, 0.2) is 127 Å². The van der Waals surface area contributed by atoms with Gasteiger partial charge in [-0.1, -0.05) is 78.9 Å². The highest BCUT2D eigenvalue weighted by Gasteiger charge is 2.20. The molecule has 0 saturated carbocycles. The van der Waals surface area contributed by atoms with Crippen molar-refractivity contribution in [3.63, 3.8) is 0 Å². The first kappa shape index (κ1) is 20.9. The van der Waals surface area contributed by atoms with E-state index in [9.17, 15) is 0 Å². The smallest absolute Gasteiger partial charge is 0.0541 e. The van der Waals surface area contributed by atoms with Gasteiger partial charge in [0.2, 0.25) is 0 Å². The lowest BCUT2D eigenvalue weighted by Crippen LogP contribution is -1.95. The van der Waals surface area contributed by atoms with Crippen molar-refractivity contribution >= 4 is 43.6 Å². The number of rotatable bonds is 2. The van der Waals surface area contributed by atoms with Crippen molar-refractivity contribution in [1.29, 1.82) is 0 Å². The summed E-state index contributed by atoms with van der Waals surface area (Å²) in [4.78, 5) is 3.55. The fraction of sp³-hybridized carbons (Fsp3) is 0.0270. The highest BCUT2D eigenvalue weighted by molar-refractivity contribution is 6.12. The quantitative estimate of drug-likeness (QED) is 0.246. The van der Waals surface area contributed by atoms with Crippen molar-refractivity contribution in [2.45, 2.75) is 6.42 Å². The summed E-state index contributed by atoms with van der Waals surface area (Å²) in [6.45, 7) is 0. The third kappa shape index (κ3) is 2.97. The third-order valence-corrected chi connectivity index (χ3v) is 8.55. The fourth-order valence-corrected chi connectivity index (χ4v) is 6.73. The zero-order valence-electron chi connectivity index (χ0n) is 21.3. The first-order valence-electron chi connectivity index (χ1n) is 13.6. The van der Waals surface area contributed by atoms with E-state index >= 15 is 0 Å². The predicted octanol–water partition coefficient (Wildman–Crippen LogP) is 9.66. The van der Waals surface area contributed by atoms with Gasteiger partial charge in [-0.25, -0.2) is 0 Å². The van der Waals surface area contributed by atoms with Crippen LogP contribution < -0.4 is 0 Å². The van der Waals surface area contributed by atoms with Crippen molar-refractivity contribution in [3.8, 4) is 27.9 Å². The summed E-state index contributed by atoms with van der Waals surface area (Å²) < 4.78 is 2.43. The minimum Gasteiger partial charge on any atom is -0.355 e. The summed E-state index contributed by atoms with van der Waals surface area (Å²) in [5.41, 5.74) is 14.1. The maximum Gasteiger partial charge on any atom is 0.0541 e. The molecular weight excluding hydrogens is 472 g/mol. The number of H-pyrrole nitrogens is 1. The first-order valence-corrected chi connectivity index (χ1v) is 13.6. The number of nitrogens with zero attached hydrogens (tertiary/aromatic N) is 1. The normalized spacial score (nSPS) is 12.5. The Morgan fingerprint density at radius 3 is 2.10 bits per heavy atom. The molecule has 39 heavy (non-hydrogen) atoms. The lowest BCUT2D eigenvalue weighted by molar-refractivity contribution is 1.16. The molecule has 0 amide bonds. The average Bonchev–Trinajstić information content (AvgIpc) is 3.65. The molecule has 0 saturated heterocycles. The molecule has 9 rings (SSSR count). The molecular formula is C37H24N2. The predicted molar refractivity (Wildman–Crippen MR) is 164 cm³/mol. The second kappa shape index (κ2) is 7.72. The summed E-state index contributed by atoms with van der Waals surface area (Å²) in [6.07, 6.45) is 0.997. The Labute approximate surface area is 225 Å². The minimum absolute atomic E-state index is 0.997. The molecule has 182 valence electrons. The second-order valence-corrected chi connectivity index (χ2v) is 10.7. The average molecular weight is 497 g/mol. The van der Waals surface area contributed by atoms with Gasteiger partial charge in [0.05, 0.1) is 11.0 Å². The van der Waals surface area contributed by atoms with Gasteiger partial charge in [0.25, 0.3) is 0 Å². The highest BCUT2D eigenvalue weighted by atomic mass is 15.0. The molecule has 1 aliphatic carbocycles. The van der Waals surface area contributed by atoms with Gasteiger partial charge >= 0.3 is 0 Å². The minimum atomic E-state index is 0.997. The molecule has 2 heterocycles. The SMILES string of the molecule is c1ccc2c(c1)Cc1cc(-n3c4ccccc4c4cc(-c5ccc6[nH]c7ccccc7c6c5)ccc43)ccc1-2. The number of para-hydroxylation sites is 2. The molecule has 2 heteroatoms. The van der Waals surface area contributed by atoms with Crippen LogP contribution >= 0.6 is 0 Å². The van der Waals surface area contributed by atoms with E-state index in [1.807, 2.05) is 0 Å². The Morgan fingerprint density at radius 1 is 0.462 bits per heavy atom. The van der Waals surface area contributed by atoms with Crippen LogP contribution in [0, 0.1) is 0 Å². The Hall–Kier alpha value is -5.08. The van der Waals surface area contributed by atoms with Gasteiger partial charge in [-0.3, -0.25) is 0 Å². The number of aromatic amines is 1. The van der Waals surface area contributed by atoms with Crippen molar-refractivity contribution < 1.29 is 0 Å². The lowest BCUT2D eigenvalue weighted by Gasteiger charge is -2.11. The molecule has 2 nitrogen and oxygen atoms in total. The lowest BCUT2D eigenvalue weighted by atomic mass is 10.0. The van der Waals surface area contributed by atoms with Gasteiger partial charge in [-0.2, -0.15) is 0 Å². The molecule has 2 aromatic heterocycles. The topological polar surface area (TPSA) is 20.7 Å². The number of aromatic nitrogens is 2. The molecule has 6 aromatic carbocycles. The Morgan fingerprint density at radius 2 is 1.15 bits per heavy atom. The van der Waals surface area contributed by atoms with Gasteiger partial charge in [0, 0.05) is 38.3 Å². The molecule has 0 aliphatic heterocycles. The zero-order chi connectivity index (χ0) is 25.5. The van der Waals surface area contributed by atoms with E-state index in [1.54, 1.807) is 0 Å². The maximum absolute atomic E-state index is 3.55. The van der Waals surface area contributed by atoms with Crippen LogP contribution in [0.1, 0.15) is 11.1 Å². The third-order valence-electron chi connectivity index (χ3n) is 8.55. The van der Waals surface area contributed by atoms with Crippen LogP contribution in [0.3, 0.4) is 0 Å². The van der Waals surface area contributed by atoms with E-state index in [0.717, 1.165) is 6.42 Å². The molecule has 0 spiro atoms. The summed E-state index contributed by atoms with van der Waals surface area (Å²) in [7, 11) is 0. The largest absolute Gasteiger partial charge is 0.355 e. The molecule has 1 aliphatic rings. The molecule has 0 radical (unpaired) electrons. The van der Waals surface area contributed by atoms with Gasteiger partial charge in [-0.15, -0.1) is 0 Å². The Kier molecular flexibility index (Phi) is 4.14. The molecule has 0 bridgehead atoms. The Balaban J connectivity index is 1.23. The van der Waals surface area contributed by atoms with Crippen LogP contribution in [-0.4, -0.2) is 9.55 Å². The van der Waals surface area contributed by atoms with Gasteiger partial charge in [-0.05, 0) is 88.3 Å². The van der Waals surface area contributed by atoms with Gasteiger partial charge < -0.3 is 9.55 Å². The fourth-order valence-electron chi connectivity index (χ4n) is 6.73. The molecule has 8 aromatic rings. The van der Waals surface area contributed by atoms with Crippen molar-refractivity contribution in [2.75, 3.05) is 0 Å². The summed E-state index contributed by atoms with van der Waals surface area (Å²) in [5.74, 6) is 0. The molecule has 0 atom stereocenters. The number of benzene rings is 6. The summed E-state index contributed by atoms with van der Waals surface area (Å²) in [6, 6.07) is 46.8. The summed E-state index contributed by atoms with van der Waals surface area (Å²) >= 11 is 0. The Bertz CT molecular complexity index is 2260. The number of fused-ring (bicyclic) bond motifs is 9. The molecule has 0 fully saturated rings. The van der Waals surface area contributed by atoms with Crippen LogP contribution in [0.2, 0.25) is 0 Å². The van der Waals surface area contributed by atoms with E-state index in [1.165, 1.54) is 82.7 Å². The van der Waals surface area contributed by atoms with E-state index in [-0.39, 0.29) is 0 Å². The van der Waals surface area contributed by atoms with Crippen LogP contribution in [0.4, 0.5) is 0 Å². The van der Waals surface area contributed by atoms with E-state index < -0.39 is 0 Å². The first-order chi connectivity index (χ1) is 19.3. The summed E-state index contributed by atoms with van der Waals surface area (Å²) in [5, 5.41) is 5.10. The molecule has 0 unspecified atom stereocenters. The van der Waals surface area contributed by atoms with Crippen LogP contribution in [0.5, 0.6) is 0 Å². The highest BCUT2D eigenvalue weighted by Crippen LogP contribution is 2.40. The number of nitrogens with one attached hydrogen (secondary N) is 1. The van der Waals surface area contributed by atoms with Crippen LogP contribution in [0.25, 0.3) is 71.6 Å². The maximum atomic E-state index is 3.55. The van der Waals surface area contributed by atoms with E-state index in [2.05, 4.69) is 137 Å². The van der Waals surface area contributed by atoms with Crippen LogP contribution in [-0.2, 0) is 6.42 Å². The van der Waals surface area contributed by atoms with Crippen molar-refractivity contribution in [3.05, 3.63) is 139 Å². The second-order valence-electron chi connectivity index (χ2n) is 10.7.